The SMILES string of the molecule is CC(C)(C)c1cc(-c2ccccc2)c(N2c3cc4c(cc3B3c5cc6c(cc5Oc5cc(-c7ccc8c(c7)Oc7ccccc7C87c8ccccc8-c8ccccc87)cc2c53)Oc2ccccc2C6(C)C)C(C)(C)c2ccccc2O4)c(-c2ccccc2)c1. The number of hydrogen-bond donors (Lipinski definition) is 0. The lowest BCUT2D eigenvalue weighted by molar-refractivity contribution is 0.412. The average molecular weight is 1150 g/mol. The molecule has 0 saturated carbocycles. The second kappa shape index (κ2) is 18.4. The number of fused-ring (bicyclic) bond motifs is 17. The molecule has 12 aromatic carbocycles. The van der Waals surface area contributed by atoms with Crippen LogP contribution in [-0.2, 0) is 21.7 Å². The van der Waals surface area contributed by atoms with Gasteiger partial charge in [-0.15, -0.1) is 0 Å². The van der Waals surface area contributed by atoms with Gasteiger partial charge < -0.3 is 23.8 Å². The van der Waals surface area contributed by atoms with E-state index < -0.39 is 10.8 Å². The largest absolute Gasteiger partial charge is 0.458 e. The van der Waals surface area contributed by atoms with Crippen LogP contribution < -0.4 is 40.2 Å². The summed E-state index contributed by atoms with van der Waals surface area (Å²) in [6, 6.07) is 91.3. The molecule has 0 fully saturated rings. The molecule has 0 bridgehead atoms. The molecule has 1 spiro atoms. The molecule has 0 N–H and O–H groups in total. The van der Waals surface area contributed by atoms with Crippen molar-refractivity contribution >= 4 is 40.2 Å². The fourth-order valence-corrected chi connectivity index (χ4v) is 16.0. The van der Waals surface area contributed by atoms with Crippen molar-refractivity contribution in [2.75, 3.05) is 4.90 Å². The monoisotopic (exact) mass is 1150 g/mol. The Morgan fingerprint density at radius 3 is 1.34 bits per heavy atom. The maximum Gasteiger partial charge on any atom is 0.256 e. The standard InChI is InChI=1S/C83H62BNO4/c1-80(2,3)53-43-56(49-24-10-8-11-25-49)79(57(44-53)50-26-12-9-13-27-50)85-68-47-74-64(81(4,5)60-32-18-21-35-70(60)86-74)45-66(68)84-67-46-65-75(87-71-36-22-19-33-61(71)82(65,6)7)48-76(67)89-77-42-52(40-69(85)78(77)84)51-38-39-63-73(41-51)88-72-37-23-20-34-62(72)83(63)58-30-16-14-28-54(58)55-29-15-17-31-59(55)83/h8-48H,1-7H3. The summed E-state index contributed by atoms with van der Waals surface area (Å²) >= 11 is 0. The van der Waals surface area contributed by atoms with E-state index in [-0.39, 0.29) is 17.5 Å². The van der Waals surface area contributed by atoms with Crippen LogP contribution in [0.25, 0.3) is 44.5 Å². The molecule has 5 heterocycles. The van der Waals surface area contributed by atoms with Crippen molar-refractivity contribution in [1.29, 1.82) is 0 Å². The minimum absolute atomic E-state index is 0.188. The highest BCUT2D eigenvalue weighted by atomic mass is 16.5. The smallest absolute Gasteiger partial charge is 0.256 e. The molecule has 6 aliphatic rings. The van der Waals surface area contributed by atoms with E-state index in [0.717, 1.165) is 141 Å². The topological polar surface area (TPSA) is 40.2 Å². The van der Waals surface area contributed by atoms with Crippen molar-refractivity contribution in [3.63, 3.8) is 0 Å². The molecule has 0 unspecified atom stereocenters. The zero-order valence-corrected chi connectivity index (χ0v) is 50.8. The second-order valence-electron chi connectivity index (χ2n) is 27.1. The molecule has 0 atom stereocenters. The molecule has 0 amide bonds. The van der Waals surface area contributed by atoms with Gasteiger partial charge in [0.05, 0.1) is 11.1 Å². The van der Waals surface area contributed by atoms with Crippen LogP contribution >= 0.6 is 0 Å². The summed E-state index contributed by atoms with van der Waals surface area (Å²) < 4.78 is 29.0. The number of para-hydroxylation sites is 3. The van der Waals surface area contributed by atoms with Crippen LogP contribution in [0.5, 0.6) is 46.0 Å². The predicted molar refractivity (Wildman–Crippen MR) is 362 cm³/mol. The van der Waals surface area contributed by atoms with Gasteiger partial charge in [0.15, 0.2) is 0 Å². The summed E-state index contributed by atoms with van der Waals surface area (Å²) in [5.41, 5.74) is 24.4. The van der Waals surface area contributed by atoms with Crippen LogP contribution in [0, 0.1) is 0 Å². The minimum atomic E-state index is -0.605. The van der Waals surface area contributed by atoms with Crippen molar-refractivity contribution < 1.29 is 18.9 Å². The minimum Gasteiger partial charge on any atom is -0.458 e. The van der Waals surface area contributed by atoms with Crippen LogP contribution in [0.2, 0.25) is 0 Å². The number of ether oxygens (including phenoxy) is 4. The molecular formula is C83H62BNO4. The Morgan fingerprint density at radius 1 is 0.315 bits per heavy atom. The third-order valence-electron chi connectivity index (χ3n) is 20.4. The van der Waals surface area contributed by atoms with Gasteiger partial charge in [0.25, 0.3) is 6.71 Å². The molecule has 18 rings (SSSR count). The molecule has 5 nitrogen and oxygen atoms in total. The van der Waals surface area contributed by atoms with Crippen molar-refractivity contribution in [2.24, 2.45) is 0 Å². The lowest BCUT2D eigenvalue weighted by Crippen LogP contribution is -2.60. The Kier molecular flexibility index (Phi) is 10.7. The average Bonchev–Trinajstić information content (AvgIpc) is 1.69. The molecule has 12 aromatic rings. The first-order valence-corrected chi connectivity index (χ1v) is 31.2. The second-order valence-corrected chi connectivity index (χ2v) is 27.1. The first kappa shape index (κ1) is 51.9. The highest BCUT2D eigenvalue weighted by Crippen LogP contribution is 2.63. The van der Waals surface area contributed by atoms with E-state index in [2.05, 4.69) is 302 Å². The Bertz CT molecular complexity index is 4930. The summed E-state index contributed by atoms with van der Waals surface area (Å²) in [5, 5.41) is 0. The molecule has 1 aliphatic carbocycles. The molecule has 0 aromatic heterocycles. The van der Waals surface area contributed by atoms with Gasteiger partial charge in [-0.1, -0.05) is 237 Å². The zero-order valence-electron chi connectivity index (χ0n) is 50.8. The Morgan fingerprint density at radius 2 is 0.764 bits per heavy atom. The van der Waals surface area contributed by atoms with Crippen molar-refractivity contribution in [1.82, 2.24) is 0 Å². The van der Waals surface area contributed by atoms with Gasteiger partial charge in [-0.25, -0.2) is 0 Å². The Labute approximate surface area is 520 Å². The highest BCUT2D eigenvalue weighted by Gasteiger charge is 2.52. The van der Waals surface area contributed by atoms with Gasteiger partial charge in [-0.2, -0.15) is 0 Å². The van der Waals surface area contributed by atoms with Crippen LogP contribution in [0.4, 0.5) is 17.1 Å². The van der Waals surface area contributed by atoms with Crippen molar-refractivity contribution in [3.05, 3.63) is 299 Å². The zero-order chi connectivity index (χ0) is 59.9. The first-order chi connectivity index (χ1) is 43.2. The molecule has 89 heavy (non-hydrogen) atoms. The molecule has 426 valence electrons. The van der Waals surface area contributed by atoms with Crippen LogP contribution in [0.1, 0.15) is 98.5 Å². The van der Waals surface area contributed by atoms with Gasteiger partial charge in [0, 0.05) is 78.8 Å². The molecule has 5 aliphatic heterocycles. The molecule has 0 saturated heterocycles. The summed E-state index contributed by atoms with van der Waals surface area (Å²) in [7, 11) is 0. The van der Waals surface area contributed by atoms with E-state index in [1.807, 2.05) is 0 Å². The third kappa shape index (κ3) is 7.26. The normalized spacial score (nSPS) is 15.5. The van der Waals surface area contributed by atoms with Crippen LogP contribution in [-0.4, -0.2) is 6.71 Å². The highest BCUT2D eigenvalue weighted by molar-refractivity contribution is 6.99. The quantitative estimate of drug-likeness (QED) is 0.164. The van der Waals surface area contributed by atoms with Crippen LogP contribution in [0.15, 0.2) is 249 Å². The summed E-state index contributed by atoms with van der Waals surface area (Å²) in [6.07, 6.45) is 0. The van der Waals surface area contributed by atoms with Gasteiger partial charge in [-0.3, -0.25) is 0 Å². The van der Waals surface area contributed by atoms with Gasteiger partial charge in [0.1, 0.15) is 46.0 Å². The number of rotatable bonds is 4. The van der Waals surface area contributed by atoms with E-state index in [9.17, 15) is 0 Å². The van der Waals surface area contributed by atoms with Crippen molar-refractivity contribution in [3.8, 4) is 90.5 Å². The Hall–Kier alpha value is -10.3. The van der Waals surface area contributed by atoms with Crippen LogP contribution in [0.3, 0.4) is 0 Å². The summed E-state index contributed by atoms with van der Waals surface area (Å²) in [4.78, 5) is 2.57. The van der Waals surface area contributed by atoms with E-state index in [1.165, 1.54) is 33.3 Å². The molecular weight excluding hydrogens is 1090 g/mol. The van der Waals surface area contributed by atoms with Gasteiger partial charge in [-0.05, 0) is 120 Å². The first-order valence-electron chi connectivity index (χ1n) is 31.2. The molecule has 0 radical (unpaired) electrons. The maximum atomic E-state index is 7.65. The van der Waals surface area contributed by atoms with E-state index in [0.29, 0.717) is 0 Å². The van der Waals surface area contributed by atoms with Crippen molar-refractivity contribution in [2.45, 2.75) is 70.1 Å². The fraction of sp³-hybridized carbons (Fsp3) is 0.133. The molecule has 6 heteroatoms. The number of hydrogen-bond acceptors (Lipinski definition) is 5. The lowest BCUT2D eigenvalue weighted by Gasteiger charge is -2.44. The maximum absolute atomic E-state index is 7.65. The fourth-order valence-electron chi connectivity index (χ4n) is 16.0. The number of nitrogens with zero attached hydrogens (tertiary/aromatic N) is 1. The summed E-state index contributed by atoms with van der Waals surface area (Å²) in [6.45, 7) is 16.0. The van der Waals surface area contributed by atoms with E-state index in [1.54, 1.807) is 0 Å². The summed E-state index contributed by atoms with van der Waals surface area (Å²) in [5.74, 6) is 6.60. The predicted octanol–water partition coefficient (Wildman–Crippen LogP) is 19.7. The van der Waals surface area contributed by atoms with Gasteiger partial charge in [0.2, 0.25) is 0 Å². The third-order valence-corrected chi connectivity index (χ3v) is 20.4. The van der Waals surface area contributed by atoms with E-state index >= 15 is 0 Å². The van der Waals surface area contributed by atoms with Gasteiger partial charge >= 0.3 is 0 Å². The number of anilines is 3. The lowest BCUT2D eigenvalue weighted by atomic mass is 9.33. The van der Waals surface area contributed by atoms with E-state index in [4.69, 9.17) is 18.9 Å². The Balaban J connectivity index is 0.948. The number of benzene rings is 12.